The molecule has 0 saturated carbocycles. The van der Waals surface area contributed by atoms with Crippen molar-refractivity contribution in [2.24, 2.45) is 0 Å². The molecule has 0 aromatic rings. The number of nitrogens with zero attached hydrogens (tertiary/aromatic N) is 1. The van der Waals surface area contributed by atoms with Crippen molar-refractivity contribution in [3.8, 4) is 0 Å². The van der Waals surface area contributed by atoms with Gasteiger partial charge >= 0.3 is 0 Å². The lowest BCUT2D eigenvalue weighted by Crippen LogP contribution is -2.32. The molecule has 168 valence electrons. The molecule has 0 aromatic heterocycles. The number of aliphatic hydroxyl groups excluding tert-OH is 1. The standard InChI is InChI=1S/C24H50N2O2/c1-3-5-7-9-13-17-22-26(21-16-8-6-4-2)24(28)18-14-11-10-12-15-19-25-20-23-27/h25,27H,3-23H2,1-2H3. The SMILES string of the molecule is CCCCCCCCN(CCCCCC)C(=O)CCCCCCCNCCO. The maximum atomic E-state index is 12.7. The number of hydrogen-bond donors (Lipinski definition) is 2. The molecule has 4 heteroatoms. The molecule has 0 aromatic carbocycles. The minimum atomic E-state index is 0.218. The Morgan fingerprint density at radius 1 is 0.679 bits per heavy atom. The normalized spacial score (nSPS) is 11.1. The number of carbonyl (C=O) groups is 1. The second-order valence-corrected chi connectivity index (χ2v) is 8.20. The first-order valence-electron chi connectivity index (χ1n) is 12.4. The number of unbranched alkanes of at least 4 members (excludes halogenated alkanes) is 12. The van der Waals surface area contributed by atoms with E-state index in [2.05, 4.69) is 24.1 Å². The fourth-order valence-electron chi connectivity index (χ4n) is 3.59. The molecule has 0 heterocycles. The number of rotatable bonds is 22. The molecule has 0 rings (SSSR count). The lowest BCUT2D eigenvalue weighted by molar-refractivity contribution is -0.131. The van der Waals surface area contributed by atoms with E-state index in [0.717, 1.165) is 51.7 Å². The van der Waals surface area contributed by atoms with Gasteiger partial charge in [-0.05, 0) is 32.2 Å². The molecule has 0 bridgehead atoms. The summed E-state index contributed by atoms with van der Waals surface area (Å²) in [5.74, 6) is 0.384. The van der Waals surface area contributed by atoms with E-state index in [1.807, 2.05) is 0 Å². The topological polar surface area (TPSA) is 52.6 Å². The van der Waals surface area contributed by atoms with Crippen molar-refractivity contribution < 1.29 is 9.90 Å². The number of aliphatic hydroxyl groups is 1. The molecular weight excluding hydrogens is 348 g/mol. The second-order valence-electron chi connectivity index (χ2n) is 8.20. The molecule has 2 N–H and O–H groups in total. The van der Waals surface area contributed by atoms with Gasteiger partial charge < -0.3 is 15.3 Å². The van der Waals surface area contributed by atoms with Crippen molar-refractivity contribution in [1.82, 2.24) is 10.2 Å². The molecule has 1 amide bonds. The minimum absolute atomic E-state index is 0.218. The van der Waals surface area contributed by atoms with Crippen LogP contribution in [0.15, 0.2) is 0 Å². The highest BCUT2D eigenvalue weighted by Gasteiger charge is 2.12. The van der Waals surface area contributed by atoms with Crippen LogP contribution in [-0.2, 0) is 4.79 Å². The Kier molecular flexibility index (Phi) is 22.2. The summed E-state index contributed by atoms with van der Waals surface area (Å²) in [5.41, 5.74) is 0. The molecule has 0 spiro atoms. The number of amides is 1. The molecule has 0 saturated heterocycles. The van der Waals surface area contributed by atoms with E-state index in [9.17, 15) is 4.79 Å². The summed E-state index contributed by atoms with van der Waals surface area (Å²) in [6.07, 6.45) is 19.2. The lowest BCUT2D eigenvalue weighted by Gasteiger charge is -2.23. The smallest absolute Gasteiger partial charge is 0.222 e. The average Bonchev–Trinajstić information content (AvgIpc) is 2.70. The van der Waals surface area contributed by atoms with Crippen molar-refractivity contribution in [2.45, 2.75) is 117 Å². The van der Waals surface area contributed by atoms with Crippen molar-refractivity contribution in [3.63, 3.8) is 0 Å². The van der Waals surface area contributed by atoms with Crippen LogP contribution in [0.25, 0.3) is 0 Å². The Labute approximate surface area is 175 Å². The third-order valence-corrected chi connectivity index (χ3v) is 5.45. The van der Waals surface area contributed by atoms with Crippen LogP contribution >= 0.6 is 0 Å². The fraction of sp³-hybridized carbons (Fsp3) is 0.958. The Hall–Kier alpha value is -0.610. The van der Waals surface area contributed by atoms with Crippen LogP contribution in [0.2, 0.25) is 0 Å². The first-order chi connectivity index (χ1) is 13.8. The third kappa shape index (κ3) is 18.7. The largest absolute Gasteiger partial charge is 0.395 e. The molecule has 0 aliphatic carbocycles. The van der Waals surface area contributed by atoms with Crippen molar-refractivity contribution in [3.05, 3.63) is 0 Å². The van der Waals surface area contributed by atoms with E-state index in [1.165, 1.54) is 70.6 Å². The predicted molar refractivity (Wildman–Crippen MR) is 122 cm³/mol. The van der Waals surface area contributed by atoms with Crippen molar-refractivity contribution in [2.75, 3.05) is 32.8 Å². The van der Waals surface area contributed by atoms with Crippen LogP contribution in [0, 0.1) is 0 Å². The number of carbonyl (C=O) groups excluding carboxylic acids is 1. The van der Waals surface area contributed by atoms with Gasteiger partial charge in [-0.2, -0.15) is 0 Å². The average molecular weight is 399 g/mol. The first-order valence-corrected chi connectivity index (χ1v) is 12.4. The van der Waals surface area contributed by atoms with Crippen LogP contribution in [0.1, 0.15) is 117 Å². The Bertz CT molecular complexity index is 324. The van der Waals surface area contributed by atoms with Crippen LogP contribution in [-0.4, -0.2) is 48.7 Å². The lowest BCUT2D eigenvalue weighted by atomic mass is 10.1. The van der Waals surface area contributed by atoms with E-state index >= 15 is 0 Å². The molecule has 0 aliphatic rings. The zero-order valence-corrected chi connectivity index (χ0v) is 19.2. The monoisotopic (exact) mass is 398 g/mol. The van der Waals surface area contributed by atoms with Gasteiger partial charge in [0.05, 0.1) is 6.61 Å². The molecule has 0 unspecified atom stereocenters. The quantitative estimate of drug-likeness (QED) is 0.231. The van der Waals surface area contributed by atoms with Gasteiger partial charge in [0, 0.05) is 26.1 Å². The predicted octanol–water partition coefficient (Wildman–Crippen LogP) is 5.68. The van der Waals surface area contributed by atoms with E-state index in [1.54, 1.807) is 0 Å². The van der Waals surface area contributed by atoms with Crippen LogP contribution in [0.3, 0.4) is 0 Å². The Morgan fingerprint density at radius 2 is 1.18 bits per heavy atom. The maximum absolute atomic E-state index is 12.7. The molecule has 0 atom stereocenters. The van der Waals surface area contributed by atoms with Gasteiger partial charge in [0.1, 0.15) is 0 Å². The number of nitrogens with one attached hydrogen (secondary N) is 1. The van der Waals surface area contributed by atoms with E-state index < -0.39 is 0 Å². The summed E-state index contributed by atoms with van der Waals surface area (Å²) >= 11 is 0. The van der Waals surface area contributed by atoms with Gasteiger partial charge in [-0.1, -0.05) is 84.5 Å². The van der Waals surface area contributed by atoms with Crippen molar-refractivity contribution >= 4 is 5.91 Å². The zero-order valence-electron chi connectivity index (χ0n) is 19.2. The highest BCUT2D eigenvalue weighted by Crippen LogP contribution is 2.11. The van der Waals surface area contributed by atoms with Gasteiger partial charge in [-0.25, -0.2) is 0 Å². The summed E-state index contributed by atoms with van der Waals surface area (Å²) in [6, 6.07) is 0. The van der Waals surface area contributed by atoms with E-state index in [0.29, 0.717) is 12.5 Å². The van der Waals surface area contributed by atoms with Gasteiger partial charge in [-0.3, -0.25) is 4.79 Å². The Morgan fingerprint density at radius 3 is 1.79 bits per heavy atom. The number of hydrogen-bond acceptors (Lipinski definition) is 3. The minimum Gasteiger partial charge on any atom is -0.395 e. The van der Waals surface area contributed by atoms with Crippen LogP contribution in [0.4, 0.5) is 0 Å². The Balaban J connectivity index is 3.90. The summed E-state index contributed by atoms with van der Waals surface area (Å²) in [4.78, 5) is 14.8. The summed E-state index contributed by atoms with van der Waals surface area (Å²) in [6.45, 7) is 8.32. The summed E-state index contributed by atoms with van der Waals surface area (Å²) in [7, 11) is 0. The molecule has 0 fully saturated rings. The van der Waals surface area contributed by atoms with E-state index in [-0.39, 0.29) is 6.61 Å². The molecule has 28 heavy (non-hydrogen) atoms. The first kappa shape index (κ1) is 27.4. The third-order valence-electron chi connectivity index (χ3n) is 5.45. The highest BCUT2D eigenvalue weighted by atomic mass is 16.3. The van der Waals surface area contributed by atoms with Gasteiger partial charge in [0.25, 0.3) is 0 Å². The molecular formula is C24H50N2O2. The molecule has 0 radical (unpaired) electrons. The molecule has 0 aliphatic heterocycles. The summed E-state index contributed by atoms with van der Waals surface area (Å²) in [5, 5.41) is 11.9. The van der Waals surface area contributed by atoms with Crippen LogP contribution in [0.5, 0.6) is 0 Å². The maximum Gasteiger partial charge on any atom is 0.222 e. The second kappa shape index (κ2) is 22.7. The van der Waals surface area contributed by atoms with Crippen LogP contribution < -0.4 is 5.32 Å². The van der Waals surface area contributed by atoms with Gasteiger partial charge in [0.15, 0.2) is 0 Å². The highest BCUT2D eigenvalue weighted by molar-refractivity contribution is 5.76. The zero-order chi connectivity index (χ0) is 20.7. The summed E-state index contributed by atoms with van der Waals surface area (Å²) < 4.78 is 0. The van der Waals surface area contributed by atoms with Gasteiger partial charge in [-0.15, -0.1) is 0 Å². The van der Waals surface area contributed by atoms with Crippen molar-refractivity contribution in [1.29, 1.82) is 0 Å². The van der Waals surface area contributed by atoms with Gasteiger partial charge in [0.2, 0.25) is 5.91 Å². The van der Waals surface area contributed by atoms with E-state index in [4.69, 9.17) is 5.11 Å². The molecule has 4 nitrogen and oxygen atoms in total. The fourth-order valence-corrected chi connectivity index (χ4v) is 3.59.